The lowest BCUT2D eigenvalue weighted by molar-refractivity contribution is 0.108. The van der Waals surface area contributed by atoms with Crippen molar-refractivity contribution in [3.63, 3.8) is 0 Å². The molecule has 0 N–H and O–H groups in total. The van der Waals surface area contributed by atoms with E-state index in [1.54, 1.807) is 13.0 Å². The van der Waals surface area contributed by atoms with E-state index in [1.165, 1.54) is 0 Å². The highest BCUT2D eigenvalue weighted by atomic mass is 35.5. The van der Waals surface area contributed by atoms with Crippen molar-refractivity contribution in [1.82, 2.24) is 20.0 Å². The Hall–Kier alpha value is -2.42. The summed E-state index contributed by atoms with van der Waals surface area (Å²) in [5, 5.41) is 4.78. The second kappa shape index (κ2) is 8.75. The molecule has 1 aliphatic heterocycles. The van der Waals surface area contributed by atoms with Crippen molar-refractivity contribution < 1.29 is 9.32 Å². The third-order valence-corrected chi connectivity index (χ3v) is 6.11. The van der Waals surface area contributed by atoms with Crippen molar-refractivity contribution in [3.8, 4) is 11.3 Å². The van der Waals surface area contributed by atoms with E-state index in [1.807, 2.05) is 31.2 Å². The second-order valence-electron chi connectivity index (χ2n) is 7.27. The molecule has 1 aliphatic rings. The number of carbonyl (C=O) groups excluding carboxylic acids is 1. The van der Waals surface area contributed by atoms with E-state index in [0.717, 1.165) is 49.5 Å². The fraction of sp³-hybridized carbons (Fsp3) is 0.333. The summed E-state index contributed by atoms with van der Waals surface area (Å²) in [6.45, 7) is 7.37. The maximum atomic E-state index is 13.2. The van der Waals surface area contributed by atoms with Crippen molar-refractivity contribution >= 4 is 34.3 Å². The van der Waals surface area contributed by atoms with Gasteiger partial charge in [-0.2, -0.15) is 0 Å². The van der Waals surface area contributed by atoms with Gasteiger partial charge in [0.05, 0.1) is 10.6 Å². The monoisotopic (exact) mass is 443 g/mol. The van der Waals surface area contributed by atoms with Gasteiger partial charge in [-0.3, -0.25) is 4.79 Å². The molecule has 0 radical (unpaired) electrons. The number of aryl methyl sites for hydroxylation is 2. The summed E-state index contributed by atoms with van der Waals surface area (Å²) in [6.07, 6.45) is 0. The number of anilines is 1. The number of benzene rings is 1. The Labute approximate surface area is 184 Å². The van der Waals surface area contributed by atoms with Gasteiger partial charge >= 0.3 is 0 Å². The maximum Gasteiger partial charge on any atom is 0.232 e. The number of likely N-dealkylation sites (N-methyl/N-ethyl adjacent to an activating group) is 1. The van der Waals surface area contributed by atoms with Crippen LogP contribution in [0.1, 0.15) is 21.8 Å². The summed E-state index contributed by atoms with van der Waals surface area (Å²) in [7, 11) is 2.11. The predicted octanol–water partition coefficient (Wildman–Crippen LogP) is 4.09. The summed E-state index contributed by atoms with van der Waals surface area (Å²) < 4.78 is 5.32. The molecule has 3 heterocycles. The van der Waals surface area contributed by atoms with Crippen LogP contribution < -0.4 is 4.90 Å². The van der Waals surface area contributed by atoms with Crippen LogP contribution in [-0.4, -0.2) is 58.4 Å². The highest BCUT2D eigenvalue weighted by Gasteiger charge is 2.25. The first-order chi connectivity index (χ1) is 14.4. The van der Waals surface area contributed by atoms with Gasteiger partial charge in [-0.15, -0.1) is 0 Å². The van der Waals surface area contributed by atoms with E-state index in [4.69, 9.17) is 16.1 Å². The molecule has 30 heavy (non-hydrogen) atoms. The third-order valence-electron chi connectivity index (χ3n) is 5.03. The SMILES string of the molecule is Cc1cc(N2CCN(C)CC2)nc(SC(=O)c2c(-c3ccccc3Cl)noc2C)n1. The minimum absolute atomic E-state index is 0.224. The molecule has 4 rings (SSSR count). The molecule has 0 aliphatic carbocycles. The molecular weight excluding hydrogens is 422 g/mol. The zero-order chi connectivity index (χ0) is 21.3. The first-order valence-corrected chi connectivity index (χ1v) is 10.8. The van der Waals surface area contributed by atoms with E-state index in [2.05, 4.69) is 32.0 Å². The van der Waals surface area contributed by atoms with Crippen LogP contribution in [0.2, 0.25) is 5.02 Å². The fourth-order valence-electron chi connectivity index (χ4n) is 3.35. The summed E-state index contributed by atoms with van der Waals surface area (Å²) in [5.41, 5.74) is 2.30. The van der Waals surface area contributed by atoms with E-state index in [9.17, 15) is 4.79 Å². The number of rotatable bonds is 4. The first-order valence-electron chi connectivity index (χ1n) is 9.65. The highest BCUT2D eigenvalue weighted by Crippen LogP contribution is 2.34. The van der Waals surface area contributed by atoms with E-state index < -0.39 is 0 Å². The van der Waals surface area contributed by atoms with Crippen LogP contribution in [0.5, 0.6) is 0 Å². The Morgan fingerprint density at radius 2 is 1.87 bits per heavy atom. The number of carbonyl (C=O) groups is 1. The van der Waals surface area contributed by atoms with Gasteiger partial charge in [0.25, 0.3) is 0 Å². The number of hydrogen-bond acceptors (Lipinski definition) is 8. The minimum atomic E-state index is -0.224. The number of thioether (sulfide) groups is 1. The maximum absolute atomic E-state index is 13.2. The number of piperazine rings is 1. The number of aromatic nitrogens is 3. The lowest BCUT2D eigenvalue weighted by Crippen LogP contribution is -2.44. The van der Waals surface area contributed by atoms with Crippen molar-refractivity contribution in [1.29, 1.82) is 0 Å². The molecule has 0 amide bonds. The van der Waals surface area contributed by atoms with Gasteiger partial charge in [0.15, 0.2) is 5.16 Å². The van der Waals surface area contributed by atoms with Crippen molar-refractivity contribution in [2.75, 3.05) is 38.1 Å². The molecule has 1 saturated heterocycles. The lowest BCUT2D eigenvalue weighted by atomic mass is 10.1. The topological polar surface area (TPSA) is 75.4 Å². The largest absolute Gasteiger partial charge is 0.360 e. The van der Waals surface area contributed by atoms with Crippen LogP contribution in [0.3, 0.4) is 0 Å². The molecule has 7 nitrogen and oxygen atoms in total. The van der Waals surface area contributed by atoms with Crippen LogP contribution in [0.4, 0.5) is 5.82 Å². The van der Waals surface area contributed by atoms with Gasteiger partial charge in [0.1, 0.15) is 17.3 Å². The molecule has 0 atom stereocenters. The van der Waals surface area contributed by atoms with Gasteiger partial charge in [0, 0.05) is 43.5 Å². The molecule has 0 unspecified atom stereocenters. The standard InChI is InChI=1S/C21H22ClN5O2S/c1-13-12-17(27-10-8-26(3)9-11-27)24-21(23-13)30-20(28)18-14(2)29-25-19(18)15-6-4-5-7-16(15)22/h4-7,12H,8-11H2,1-3H3. The third kappa shape index (κ3) is 4.35. The molecular formula is C21H22ClN5O2S. The van der Waals surface area contributed by atoms with Gasteiger partial charge in [0.2, 0.25) is 5.12 Å². The van der Waals surface area contributed by atoms with Gasteiger partial charge in [-0.1, -0.05) is 35.0 Å². The van der Waals surface area contributed by atoms with Crippen molar-refractivity contribution in [3.05, 3.63) is 52.4 Å². The van der Waals surface area contributed by atoms with Crippen LogP contribution in [0.15, 0.2) is 40.0 Å². The summed E-state index contributed by atoms with van der Waals surface area (Å²) >= 11 is 7.29. The summed E-state index contributed by atoms with van der Waals surface area (Å²) in [6, 6.07) is 9.21. The molecule has 156 valence electrons. The van der Waals surface area contributed by atoms with Crippen molar-refractivity contribution in [2.24, 2.45) is 0 Å². The molecule has 2 aromatic heterocycles. The average molecular weight is 444 g/mol. The Balaban J connectivity index is 1.61. The average Bonchev–Trinajstić information content (AvgIpc) is 3.09. The summed E-state index contributed by atoms with van der Waals surface area (Å²) in [4.78, 5) is 26.8. The molecule has 1 aromatic carbocycles. The van der Waals surface area contributed by atoms with Crippen LogP contribution >= 0.6 is 23.4 Å². The molecule has 0 bridgehead atoms. The number of halogens is 1. The normalized spacial score (nSPS) is 14.9. The fourth-order valence-corrected chi connectivity index (χ4v) is 4.41. The van der Waals surface area contributed by atoms with Crippen molar-refractivity contribution in [2.45, 2.75) is 19.0 Å². The van der Waals surface area contributed by atoms with Crippen LogP contribution in [0, 0.1) is 13.8 Å². The van der Waals surface area contributed by atoms with E-state index in [0.29, 0.717) is 32.8 Å². The number of hydrogen-bond donors (Lipinski definition) is 0. The Morgan fingerprint density at radius 1 is 1.13 bits per heavy atom. The van der Waals surface area contributed by atoms with E-state index in [-0.39, 0.29) is 5.12 Å². The smallest absolute Gasteiger partial charge is 0.232 e. The first kappa shape index (κ1) is 20.8. The van der Waals surface area contributed by atoms with Gasteiger partial charge in [-0.05, 0) is 38.7 Å². The van der Waals surface area contributed by atoms with Gasteiger partial charge in [-0.25, -0.2) is 9.97 Å². The zero-order valence-corrected chi connectivity index (χ0v) is 18.6. The lowest BCUT2D eigenvalue weighted by Gasteiger charge is -2.33. The molecule has 0 saturated carbocycles. The Kier molecular flexibility index (Phi) is 6.08. The second-order valence-corrected chi connectivity index (χ2v) is 8.62. The Morgan fingerprint density at radius 3 is 2.60 bits per heavy atom. The molecule has 9 heteroatoms. The molecule has 1 fully saturated rings. The summed E-state index contributed by atoms with van der Waals surface area (Å²) in [5.74, 6) is 1.29. The quantitative estimate of drug-likeness (QED) is 0.441. The molecule has 3 aromatic rings. The number of nitrogens with zero attached hydrogens (tertiary/aromatic N) is 5. The molecule has 0 spiro atoms. The van der Waals surface area contributed by atoms with Crippen LogP contribution in [0.25, 0.3) is 11.3 Å². The minimum Gasteiger partial charge on any atom is -0.360 e. The van der Waals surface area contributed by atoms with Crippen LogP contribution in [-0.2, 0) is 0 Å². The van der Waals surface area contributed by atoms with E-state index >= 15 is 0 Å². The predicted molar refractivity (Wildman–Crippen MR) is 118 cm³/mol. The highest BCUT2D eigenvalue weighted by molar-refractivity contribution is 8.14. The Bertz CT molecular complexity index is 1080. The zero-order valence-electron chi connectivity index (χ0n) is 17.1. The van der Waals surface area contributed by atoms with Gasteiger partial charge < -0.3 is 14.3 Å².